The zero-order valence-corrected chi connectivity index (χ0v) is 14.5. The van der Waals surface area contributed by atoms with Crippen molar-refractivity contribution < 1.29 is 9.53 Å². The van der Waals surface area contributed by atoms with Crippen molar-refractivity contribution in [1.82, 2.24) is 19.5 Å². The van der Waals surface area contributed by atoms with Gasteiger partial charge in [-0.25, -0.2) is 14.3 Å². The molecule has 0 unspecified atom stereocenters. The molecule has 0 spiro atoms. The van der Waals surface area contributed by atoms with Crippen LogP contribution in [0.15, 0.2) is 48.8 Å². The maximum atomic E-state index is 12.3. The van der Waals surface area contributed by atoms with Crippen LogP contribution < -0.4 is 0 Å². The van der Waals surface area contributed by atoms with Crippen LogP contribution in [0.3, 0.4) is 0 Å². The first-order valence-electron chi connectivity index (χ1n) is 8.06. The van der Waals surface area contributed by atoms with Gasteiger partial charge in [-0.3, -0.25) is 0 Å². The third-order valence-corrected chi connectivity index (χ3v) is 3.62. The molecule has 6 nitrogen and oxygen atoms in total. The lowest BCUT2D eigenvalue weighted by Gasteiger charge is -2.09. The second kappa shape index (κ2) is 7.17. The van der Waals surface area contributed by atoms with Gasteiger partial charge in [-0.1, -0.05) is 30.3 Å². The lowest BCUT2D eigenvalue weighted by Crippen LogP contribution is -2.12. The molecule has 0 aliphatic rings. The summed E-state index contributed by atoms with van der Waals surface area (Å²) >= 11 is 0. The SMILES string of the molecule is CCOC(=O)c1cnc2cc(-c3ccccc3)nn2c1/C=C/N(C)C. The molecule has 0 amide bonds. The third-order valence-electron chi connectivity index (χ3n) is 3.62. The van der Waals surface area contributed by atoms with Crippen LogP contribution in [0, 0.1) is 0 Å². The van der Waals surface area contributed by atoms with Crippen molar-refractivity contribution >= 4 is 17.7 Å². The van der Waals surface area contributed by atoms with Gasteiger partial charge >= 0.3 is 5.97 Å². The smallest absolute Gasteiger partial charge is 0.341 e. The van der Waals surface area contributed by atoms with E-state index in [9.17, 15) is 4.79 Å². The fourth-order valence-electron chi connectivity index (χ4n) is 2.45. The molecule has 0 radical (unpaired) electrons. The molecule has 3 rings (SSSR count). The van der Waals surface area contributed by atoms with E-state index < -0.39 is 5.97 Å². The van der Waals surface area contributed by atoms with E-state index in [-0.39, 0.29) is 0 Å². The minimum atomic E-state index is -0.410. The number of rotatable bonds is 5. The average Bonchev–Trinajstić information content (AvgIpc) is 3.05. The molecular weight excluding hydrogens is 316 g/mol. The molecule has 1 aromatic carbocycles. The van der Waals surface area contributed by atoms with Gasteiger partial charge in [-0.2, -0.15) is 5.10 Å². The highest BCUT2D eigenvalue weighted by molar-refractivity contribution is 5.93. The monoisotopic (exact) mass is 336 g/mol. The Morgan fingerprint density at radius 2 is 2.04 bits per heavy atom. The number of aromatic nitrogens is 3. The van der Waals surface area contributed by atoms with Crippen molar-refractivity contribution in [2.45, 2.75) is 6.92 Å². The summed E-state index contributed by atoms with van der Waals surface area (Å²) in [5.41, 5.74) is 3.49. The minimum Gasteiger partial charge on any atom is -0.462 e. The summed E-state index contributed by atoms with van der Waals surface area (Å²) in [7, 11) is 3.83. The summed E-state index contributed by atoms with van der Waals surface area (Å²) in [6.45, 7) is 2.09. The standard InChI is InChI=1S/C19H20N4O2/c1-4-25-19(24)15-13-20-18-12-16(14-8-6-5-7-9-14)21-23(18)17(15)10-11-22(2)3/h5-13H,4H2,1-3H3/b11-10+. The molecular formula is C19H20N4O2. The summed E-state index contributed by atoms with van der Waals surface area (Å²) in [5, 5.41) is 4.64. The molecule has 2 aromatic heterocycles. The Kier molecular flexibility index (Phi) is 4.79. The fraction of sp³-hybridized carbons (Fsp3) is 0.211. The number of benzene rings is 1. The lowest BCUT2D eigenvalue weighted by atomic mass is 10.2. The Morgan fingerprint density at radius 1 is 1.28 bits per heavy atom. The van der Waals surface area contributed by atoms with Crippen molar-refractivity contribution in [3.8, 4) is 11.3 Å². The molecule has 3 aromatic rings. The van der Waals surface area contributed by atoms with Crippen LogP contribution in [0.4, 0.5) is 0 Å². The van der Waals surface area contributed by atoms with Crippen molar-refractivity contribution in [3.63, 3.8) is 0 Å². The van der Waals surface area contributed by atoms with Gasteiger partial charge in [0.15, 0.2) is 5.65 Å². The van der Waals surface area contributed by atoms with E-state index in [2.05, 4.69) is 10.1 Å². The van der Waals surface area contributed by atoms with E-state index >= 15 is 0 Å². The van der Waals surface area contributed by atoms with Gasteiger partial charge in [0.2, 0.25) is 0 Å². The van der Waals surface area contributed by atoms with E-state index in [0.29, 0.717) is 23.5 Å². The molecule has 0 atom stereocenters. The van der Waals surface area contributed by atoms with Crippen LogP contribution in [0.5, 0.6) is 0 Å². The molecule has 0 aliphatic heterocycles. The first-order chi connectivity index (χ1) is 12.1. The van der Waals surface area contributed by atoms with Crippen LogP contribution in [0.25, 0.3) is 23.0 Å². The highest BCUT2D eigenvalue weighted by Crippen LogP contribution is 2.21. The van der Waals surface area contributed by atoms with Crippen LogP contribution >= 0.6 is 0 Å². The number of hydrogen-bond acceptors (Lipinski definition) is 5. The third kappa shape index (κ3) is 3.52. The van der Waals surface area contributed by atoms with E-state index in [1.54, 1.807) is 17.6 Å². The van der Waals surface area contributed by atoms with Gasteiger partial charge in [-0.05, 0) is 13.0 Å². The largest absolute Gasteiger partial charge is 0.462 e. The van der Waals surface area contributed by atoms with Gasteiger partial charge in [0.1, 0.15) is 5.56 Å². The van der Waals surface area contributed by atoms with E-state index in [4.69, 9.17) is 4.74 Å². The Balaban J connectivity index is 2.17. The Bertz CT molecular complexity index is 914. The number of carbonyl (C=O) groups is 1. The number of hydrogen-bond donors (Lipinski definition) is 0. The van der Waals surface area contributed by atoms with Crippen LogP contribution in [-0.2, 0) is 4.74 Å². The maximum Gasteiger partial charge on any atom is 0.341 e. The number of esters is 1. The van der Waals surface area contributed by atoms with E-state index in [0.717, 1.165) is 11.3 Å². The van der Waals surface area contributed by atoms with Crippen molar-refractivity contribution in [2.75, 3.05) is 20.7 Å². The summed E-state index contributed by atoms with van der Waals surface area (Å²) in [4.78, 5) is 18.5. The van der Waals surface area contributed by atoms with Crippen LogP contribution in [0.1, 0.15) is 23.0 Å². The number of carbonyl (C=O) groups excluding carboxylic acids is 1. The van der Waals surface area contributed by atoms with Gasteiger partial charge in [-0.15, -0.1) is 0 Å². The van der Waals surface area contributed by atoms with Crippen molar-refractivity contribution in [2.24, 2.45) is 0 Å². The molecule has 0 N–H and O–H groups in total. The highest BCUT2D eigenvalue weighted by Gasteiger charge is 2.17. The Morgan fingerprint density at radius 3 is 2.72 bits per heavy atom. The van der Waals surface area contributed by atoms with Crippen molar-refractivity contribution in [1.29, 1.82) is 0 Å². The predicted molar refractivity (Wildman–Crippen MR) is 97.1 cm³/mol. The molecule has 6 heteroatoms. The predicted octanol–water partition coefficient (Wildman–Crippen LogP) is 3.11. The Hall–Kier alpha value is -3.15. The fourth-order valence-corrected chi connectivity index (χ4v) is 2.45. The van der Waals surface area contributed by atoms with E-state index in [1.807, 2.05) is 67.7 Å². The summed E-state index contributed by atoms with van der Waals surface area (Å²) < 4.78 is 6.82. The van der Waals surface area contributed by atoms with Gasteiger partial charge < -0.3 is 9.64 Å². The molecule has 0 bridgehead atoms. The molecule has 0 saturated heterocycles. The van der Waals surface area contributed by atoms with Gasteiger partial charge in [0.05, 0.1) is 18.0 Å². The summed E-state index contributed by atoms with van der Waals surface area (Å²) in [5.74, 6) is -0.410. The second-order valence-electron chi connectivity index (χ2n) is 5.72. The normalized spacial score (nSPS) is 11.2. The molecule has 128 valence electrons. The maximum absolute atomic E-state index is 12.3. The molecule has 0 fully saturated rings. The molecule has 0 saturated carbocycles. The zero-order chi connectivity index (χ0) is 17.8. The molecule has 0 aliphatic carbocycles. The summed E-state index contributed by atoms with van der Waals surface area (Å²) in [6.07, 6.45) is 5.24. The number of nitrogens with zero attached hydrogens (tertiary/aromatic N) is 4. The topological polar surface area (TPSA) is 59.7 Å². The van der Waals surface area contributed by atoms with Crippen LogP contribution in [-0.4, -0.2) is 46.2 Å². The first-order valence-corrected chi connectivity index (χ1v) is 8.06. The zero-order valence-electron chi connectivity index (χ0n) is 14.5. The van der Waals surface area contributed by atoms with E-state index in [1.165, 1.54) is 0 Å². The summed E-state index contributed by atoms with van der Waals surface area (Å²) in [6, 6.07) is 11.8. The average molecular weight is 336 g/mol. The lowest BCUT2D eigenvalue weighted by molar-refractivity contribution is 0.0525. The molecule has 25 heavy (non-hydrogen) atoms. The number of ether oxygens (including phenoxy) is 1. The highest BCUT2D eigenvalue weighted by atomic mass is 16.5. The molecule has 2 heterocycles. The number of fused-ring (bicyclic) bond motifs is 1. The van der Waals surface area contributed by atoms with Gasteiger partial charge in [0, 0.05) is 38.1 Å². The second-order valence-corrected chi connectivity index (χ2v) is 5.72. The minimum absolute atomic E-state index is 0.308. The van der Waals surface area contributed by atoms with Crippen LogP contribution in [0.2, 0.25) is 0 Å². The van der Waals surface area contributed by atoms with Gasteiger partial charge in [0.25, 0.3) is 0 Å². The Labute approximate surface area is 146 Å². The quantitative estimate of drug-likeness (QED) is 0.670. The van der Waals surface area contributed by atoms with Crippen molar-refractivity contribution in [3.05, 3.63) is 60.1 Å². The first kappa shape index (κ1) is 16.7.